The van der Waals surface area contributed by atoms with Gasteiger partial charge < -0.3 is 5.32 Å². The van der Waals surface area contributed by atoms with E-state index in [9.17, 15) is 4.79 Å². The Balaban J connectivity index is 1.76. The van der Waals surface area contributed by atoms with Gasteiger partial charge in [0, 0.05) is 6.54 Å². The summed E-state index contributed by atoms with van der Waals surface area (Å²) in [7, 11) is 0. The largest absolute Gasteiger partial charge is 0.439 e. The van der Waals surface area contributed by atoms with E-state index in [0.717, 1.165) is 18.1 Å². The fourth-order valence-corrected chi connectivity index (χ4v) is 2.24. The molecule has 0 spiro atoms. The molecule has 1 aliphatic rings. The molecular formula is C8H9N5O3S. The van der Waals surface area contributed by atoms with Crippen LogP contribution in [-0.4, -0.2) is 38.5 Å². The van der Waals surface area contributed by atoms with Gasteiger partial charge in [0.25, 0.3) is 0 Å². The lowest BCUT2D eigenvalue weighted by Gasteiger charge is -2.24. The van der Waals surface area contributed by atoms with Crippen LogP contribution in [0.15, 0.2) is 13.9 Å². The molecule has 0 aliphatic carbocycles. The molecule has 1 aliphatic heterocycles. The number of anilines is 1. The first-order valence-electron chi connectivity index (χ1n) is 5.03. The highest BCUT2D eigenvalue weighted by molar-refractivity contribution is 8.00. The van der Waals surface area contributed by atoms with E-state index in [-0.39, 0.29) is 5.82 Å². The molecule has 0 saturated carbocycles. The highest BCUT2D eigenvalue weighted by Crippen LogP contribution is 2.26. The molecule has 2 N–H and O–H groups in total. The zero-order valence-electron chi connectivity index (χ0n) is 8.67. The summed E-state index contributed by atoms with van der Waals surface area (Å²) < 4.78 is 9.02. The number of rotatable bonds is 4. The second-order valence-corrected chi connectivity index (χ2v) is 4.76. The SMILES string of the molecule is O=c1[nH]c(-c2nonc2NCC2CSC2)no1. The number of hydrogen-bond donors (Lipinski definition) is 2. The lowest BCUT2D eigenvalue weighted by atomic mass is 10.2. The molecule has 3 rings (SSSR count). The third-order valence-corrected chi connectivity index (χ3v) is 3.83. The molecule has 3 heterocycles. The molecule has 0 atom stereocenters. The zero-order chi connectivity index (χ0) is 11.7. The van der Waals surface area contributed by atoms with Crippen molar-refractivity contribution in [2.75, 3.05) is 23.4 Å². The van der Waals surface area contributed by atoms with Gasteiger partial charge in [-0.05, 0) is 27.7 Å². The fraction of sp³-hybridized carbons (Fsp3) is 0.500. The molecule has 17 heavy (non-hydrogen) atoms. The summed E-state index contributed by atoms with van der Waals surface area (Å²) in [4.78, 5) is 13.2. The van der Waals surface area contributed by atoms with Crippen LogP contribution in [0.4, 0.5) is 5.82 Å². The Morgan fingerprint density at radius 3 is 2.94 bits per heavy atom. The van der Waals surface area contributed by atoms with Gasteiger partial charge in [-0.1, -0.05) is 5.16 Å². The van der Waals surface area contributed by atoms with Crippen molar-refractivity contribution in [2.45, 2.75) is 0 Å². The Morgan fingerprint density at radius 2 is 2.29 bits per heavy atom. The van der Waals surface area contributed by atoms with Crippen LogP contribution in [0.25, 0.3) is 11.5 Å². The number of aromatic nitrogens is 4. The van der Waals surface area contributed by atoms with Crippen molar-refractivity contribution in [2.24, 2.45) is 5.92 Å². The van der Waals surface area contributed by atoms with Gasteiger partial charge in [-0.25, -0.2) is 9.42 Å². The molecule has 0 radical (unpaired) electrons. The average molecular weight is 255 g/mol. The predicted octanol–water partition coefficient (Wildman–Crippen LogP) is 0.188. The van der Waals surface area contributed by atoms with E-state index in [1.54, 1.807) is 0 Å². The van der Waals surface area contributed by atoms with E-state index in [2.05, 4.69) is 34.9 Å². The highest BCUT2D eigenvalue weighted by atomic mass is 32.2. The number of hydrogen-bond acceptors (Lipinski definition) is 8. The maximum atomic E-state index is 10.8. The van der Waals surface area contributed by atoms with Crippen molar-refractivity contribution in [1.82, 2.24) is 20.5 Å². The second-order valence-electron chi connectivity index (χ2n) is 3.69. The molecule has 0 amide bonds. The van der Waals surface area contributed by atoms with E-state index in [1.807, 2.05) is 11.8 Å². The Morgan fingerprint density at radius 1 is 1.41 bits per heavy atom. The first kappa shape index (κ1) is 10.4. The number of thioether (sulfide) groups is 1. The van der Waals surface area contributed by atoms with Gasteiger partial charge in [0.1, 0.15) is 0 Å². The van der Waals surface area contributed by atoms with Crippen molar-refractivity contribution >= 4 is 17.6 Å². The Hall–Kier alpha value is -1.77. The summed E-state index contributed by atoms with van der Waals surface area (Å²) in [5.41, 5.74) is 0.350. The molecule has 90 valence electrons. The van der Waals surface area contributed by atoms with Crippen LogP contribution in [0.5, 0.6) is 0 Å². The molecule has 0 unspecified atom stereocenters. The quantitative estimate of drug-likeness (QED) is 0.796. The van der Waals surface area contributed by atoms with Crippen LogP contribution >= 0.6 is 11.8 Å². The van der Waals surface area contributed by atoms with Gasteiger partial charge in [-0.2, -0.15) is 11.8 Å². The van der Waals surface area contributed by atoms with E-state index in [4.69, 9.17) is 0 Å². The minimum Gasteiger partial charge on any atom is -0.365 e. The van der Waals surface area contributed by atoms with E-state index < -0.39 is 5.76 Å². The van der Waals surface area contributed by atoms with Crippen molar-refractivity contribution in [3.8, 4) is 11.5 Å². The predicted molar refractivity (Wildman–Crippen MR) is 59.7 cm³/mol. The lowest BCUT2D eigenvalue weighted by Crippen LogP contribution is -2.26. The maximum Gasteiger partial charge on any atom is 0.439 e. The van der Waals surface area contributed by atoms with Gasteiger partial charge in [0.05, 0.1) is 0 Å². The Kier molecular flexibility index (Phi) is 2.59. The summed E-state index contributed by atoms with van der Waals surface area (Å²) in [6, 6.07) is 0. The summed E-state index contributed by atoms with van der Waals surface area (Å²) >= 11 is 1.91. The zero-order valence-corrected chi connectivity index (χ0v) is 9.49. The highest BCUT2D eigenvalue weighted by Gasteiger charge is 2.21. The molecule has 9 heteroatoms. The maximum absolute atomic E-state index is 10.8. The summed E-state index contributed by atoms with van der Waals surface area (Å²) in [6.07, 6.45) is 0. The summed E-state index contributed by atoms with van der Waals surface area (Å²) in [6.45, 7) is 0.802. The van der Waals surface area contributed by atoms with Gasteiger partial charge >= 0.3 is 5.76 Å². The standard InChI is InChI=1S/C8H9N5O3S/c14-8-10-7(12-15-8)5-6(13-16-11-5)9-1-4-2-17-3-4/h4H,1-3H2,(H,9,13)(H,10,12,14). The third kappa shape index (κ3) is 2.05. The molecule has 0 bridgehead atoms. The minimum atomic E-state index is -0.635. The molecule has 8 nitrogen and oxygen atoms in total. The van der Waals surface area contributed by atoms with Gasteiger partial charge in [-0.15, -0.1) is 0 Å². The molecular weight excluding hydrogens is 246 g/mol. The van der Waals surface area contributed by atoms with Crippen molar-refractivity contribution in [3.63, 3.8) is 0 Å². The second kappa shape index (κ2) is 4.24. The van der Waals surface area contributed by atoms with Crippen molar-refractivity contribution in [3.05, 3.63) is 10.6 Å². The first-order chi connectivity index (χ1) is 8.33. The smallest absolute Gasteiger partial charge is 0.365 e. The topological polar surface area (TPSA) is 110 Å². The van der Waals surface area contributed by atoms with Gasteiger partial charge in [-0.3, -0.25) is 9.51 Å². The Bertz CT molecular complexity index is 557. The van der Waals surface area contributed by atoms with Crippen LogP contribution in [-0.2, 0) is 0 Å². The number of nitrogens with zero attached hydrogens (tertiary/aromatic N) is 3. The Labute approximate surface area is 99.1 Å². The van der Waals surface area contributed by atoms with Gasteiger partial charge in [0.2, 0.25) is 11.6 Å². The van der Waals surface area contributed by atoms with E-state index in [0.29, 0.717) is 17.4 Å². The molecule has 2 aromatic heterocycles. The fourth-order valence-electron chi connectivity index (χ4n) is 1.44. The molecule has 0 aromatic carbocycles. The van der Waals surface area contributed by atoms with Crippen LogP contribution in [0, 0.1) is 5.92 Å². The van der Waals surface area contributed by atoms with Crippen LogP contribution < -0.4 is 11.1 Å². The normalized spacial score (nSPS) is 15.8. The number of aromatic amines is 1. The van der Waals surface area contributed by atoms with Crippen LogP contribution in [0.3, 0.4) is 0 Å². The van der Waals surface area contributed by atoms with E-state index in [1.165, 1.54) is 0 Å². The van der Waals surface area contributed by atoms with Crippen LogP contribution in [0.1, 0.15) is 0 Å². The summed E-state index contributed by atoms with van der Waals surface area (Å²) in [5, 5.41) is 14.0. The summed E-state index contributed by atoms with van der Waals surface area (Å²) in [5.74, 6) is 2.97. The molecule has 1 saturated heterocycles. The van der Waals surface area contributed by atoms with Crippen molar-refractivity contribution < 1.29 is 9.15 Å². The van der Waals surface area contributed by atoms with Crippen LogP contribution in [0.2, 0.25) is 0 Å². The minimum absolute atomic E-state index is 0.210. The third-order valence-electron chi connectivity index (χ3n) is 2.42. The molecule has 2 aromatic rings. The number of H-pyrrole nitrogens is 1. The lowest BCUT2D eigenvalue weighted by molar-refractivity contribution is 0.309. The van der Waals surface area contributed by atoms with E-state index >= 15 is 0 Å². The van der Waals surface area contributed by atoms with Crippen molar-refractivity contribution in [1.29, 1.82) is 0 Å². The van der Waals surface area contributed by atoms with Gasteiger partial charge in [0.15, 0.2) is 5.69 Å². The number of nitrogens with one attached hydrogen (secondary N) is 2. The first-order valence-corrected chi connectivity index (χ1v) is 6.19. The average Bonchev–Trinajstić information content (AvgIpc) is 2.84. The monoisotopic (exact) mass is 255 g/mol. The molecule has 1 fully saturated rings.